The van der Waals surface area contributed by atoms with Gasteiger partial charge >= 0.3 is 0 Å². The van der Waals surface area contributed by atoms with Gasteiger partial charge in [0.1, 0.15) is 0 Å². The Kier molecular flexibility index (Phi) is 7.07. The molecule has 2 atom stereocenters. The van der Waals surface area contributed by atoms with E-state index in [2.05, 4.69) is 11.8 Å². The summed E-state index contributed by atoms with van der Waals surface area (Å²) in [7, 11) is 3.22. The van der Waals surface area contributed by atoms with Crippen molar-refractivity contribution in [1.82, 2.24) is 4.90 Å². The van der Waals surface area contributed by atoms with E-state index in [-0.39, 0.29) is 18.4 Å². The summed E-state index contributed by atoms with van der Waals surface area (Å²) in [6.45, 7) is 5.00. The number of methoxy groups -OCH3 is 2. The topological polar surface area (TPSA) is 47.7 Å². The predicted octanol–water partition coefficient (Wildman–Crippen LogP) is 2.95. The Morgan fingerprint density at radius 3 is 2.62 bits per heavy atom. The lowest BCUT2D eigenvalue weighted by atomic mass is 10.0. The Hall–Kier alpha value is -0.680. The van der Waals surface area contributed by atoms with E-state index < -0.39 is 0 Å². The quantitative estimate of drug-likeness (QED) is 0.899. The van der Waals surface area contributed by atoms with Gasteiger partial charge in [-0.05, 0) is 37.4 Å². The highest BCUT2D eigenvalue weighted by Crippen LogP contribution is 2.38. The summed E-state index contributed by atoms with van der Waals surface area (Å²) in [5, 5.41) is 0.635. The SMILES string of the molecule is COc1ccc(CN2CCC(C(C)N)C2)c(Cl)c1OC.Cl. The van der Waals surface area contributed by atoms with Crippen LogP contribution in [-0.2, 0) is 6.54 Å². The maximum atomic E-state index is 6.41. The maximum Gasteiger partial charge on any atom is 0.179 e. The Morgan fingerprint density at radius 2 is 2.10 bits per heavy atom. The van der Waals surface area contributed by atoms with Crippen LogP contribution in [0, 0.1) is 5.92 Å². The van der Waals surface area contributed by atoms with E-state index in [1.54, 1.807) is 14.2 Å². The number of ether oxygens (including phenoxy) is 2. The first-order chi connectivity index (χ1) is 9.56. The third-order valence-corrected chi connectivity index (χ3v) is 4.43. The van der Waals surface area contributed by atoms with Crippen LogP contribution < -0.4 is 15.2 Å². The van der Waals surface area contributed by atoms with Crippen molar-refractivity contribution < 1.29 is 9.47 Å². The fourth-order valence-corrected chi connectivity index (χ4v) is 3.02. The number of nitrogens with two attached hydrogens (primary N) is 1. The second-order valence-electron chi connectivity index (χ2n) is 5.42. The number of likely N-dealkylation sites (tertiary alicyclic amines) is 1. The van der Waals surface area contributed by atoms with Crippen molar-refractivity contribution in [2.75, 3.05) is 27.3 Å². The molecule has 1 heterocycles. The minimum atomic E-state index is 0. The Morgan fingerprint density at radius 1 is 1.38 bits per heavy atom. The standard InChI is InChI=1S/C15H23ClN2O2.ClH/c1-10(17)11-6-7-18(8-11)9-12-4-5-13(19-2)15(20-3)14(12)16;/h4-5,10-11H,6-9,17H2,1-3H3;1H. The normalized spacial score (nSPS) is 20.0. The van der Waals surface area contributed by atoms with E-state index in [4.69, 9.17) is 26.8 Å². The Bertz CT molecular complexity index is 469. The van der Waals surface area contributed by atoms with Gasteiger partial charge in [0.25, 0.3) is 0 Å². The molecule has 0 spiro atoms. The number of halogens is 2. The first kappa shape index (κ1) is 18.4. The molecule has 4 nitrogen and oxygen atoms in total. The van der Waals surface area contributed by atoms with Gasteiger partial charge in [-0.3, -0.25) is 4.90 Å². The van der Waals surface area contributed by atoms with Crippen LogP contribution >= 0.6 is 24.0 Å². The minimum absolute atomic E-state index is 0. The molecule has 1 aliphatic rings. The van der Waals surface area contributed by atoms with E-state index >= 15 is 0 Å². The van der Waals surface area contributed by atoms with Crippen LogP contribution in [0.1, 0.15) is 18.9 Å². The number of rotatable bonds is 5. The van der Waals surface area contributed by atoms with Crippen LogP contribution in [-0.4, -0.2) is 38.3 Å². The average molecular weight is 335 g/mol. The molecule has 120 valence electrons. The van der Waals surface area contributed by atoms with Crippen LogP contribution in [0.15, 0.2) is 12.1 Å². The van der Waals surface area contributed by atoms with Crippen LogP contribution in [0.2, 0.25) is 5.02 Å². The molecule has 0 aromatic heterocycles. The molecule has 0 bridgehead atoms. The first-order valence-corrected chi connectivity index (χ1v) is 7.32. The molecule has 0 aliphatic carbocycles. The van der Waals surface area contributed by atoms with Crippen molar-refractivity contribution in [1.29, 1.82) is 0 Å². The molecule has 1 aromatic rings. The highest BCUT2D eigenvalue weighted by Gasteiger charge is 2.26. The van der Waals surface area contributed by atoms with Crippen molar-refractivity contribution in [2.24, 2.45) is 11.7 Å². The number of benzene rings is 1. The maximum absolute atomic E-state index is 6.41. The van der Waals surface area contributed by atoms with Gasteiger partial charge in [-0.15, -0.1) is 12.4 Å². The Labute approximate surface area is 137 Å². The molecule has 1 fully saturated rings. The van der Waals surface area contributed by atoms with E-state index in [9.17, 15) is 0 Å². The highest BCUT2D eigenvalue weighted by molar-refractivity contribution is 6.33. The van der Waals surface area contributed by atoms with Crippen molar-refractivity contribution in [3.05, 3.63) is 22.7 Å². The van der Waals surface area contributed by atoms with Gasteiger partial charge in [-0.2, -0.15) is 0 Å². The molecule has 0 amide bonds. The summed E-state index contributed by atoms with van der Waals surface area (Å²) in [5.41, 5.74) is 7.04. The van der Waals surface area contributed by atoms with Gasteiger partial charge in [0, 0.05) is 19.1 Å². The van der Waals surface area contributed by atoms with Crippen molar-refractivity contribution in [3.8, 4) is 11.5 Å². The minimum Gasteiger partial charge on any atom is -0.493 e. The van der Waals surface area contributed by atoms with Crippen LogP contribution in [0.25, 0.3) is 0 Å². The summed E-state index contributed by atoms with van der Waals surface area (Å²) in [6.07, 6.45) is 1.16. The molecule has 1 saturated heterocycles. The van der Waals surface area contributed by atoms with Gasteiger partial charge in [0.05, 0.1) is 19.2 Å². The molecular weight excluding hydrogens is 311 g/mol. The third-order valence-electron chi connectivity index (χ3n) is 4.01. The summed E-state index contributed by atoms with van der Waals surface area (Å²) < 4.78 is 10.6. The monoisotopic (exact) mass is 334 g/mol. The highest BCUT2D eigenvalue weighted by atomic mass is 35.5. The third kappa shape index (κ3) is 4.16. The zero-order valence-corrected chi connectivity index (χ0v) is 14.3. The summed E-state index contributed by atoms with van der Waals surface area (Å²) >= 11 is 6.41. The second kappa shape index (κ2) is 8.08. The molecular formula is C15H24Cl2N2O2. The van der Waals surface area contributed by atoms with Gasteiger partial charge < -0.3 is 15.2 Å². The molecule has 0 saturated carbocycles. The van der Waals surface area contributed by atoms with E-state index in [0.29, 0.717) is 22.4 Å². The molecule has 2 N–H and O–H groups in total. The van der Waals surface area contributed by atoms with E-state index in [0.717, 1.165) is 31.6 Å². The fourth-order valence-electron chi connectivity index (χ4n) is 2.73. The van der Waals surface area contributed by atoms with Crippen molar-refractivity contribution in [3.63, 3.8) is 0 Å². The molecule has 6 heteroatoms. The van der Waals surface area contributed by atoms with Gasteiger partial charge in [-0.1, -0.05) is 17.7 Å². The van der Waals surface area contributed by atoms with Crippen molar-refractivity contribution >= 4 is 24.0 Å². The first-order valence-electron chi connectivity index (χ1n) is 6.94. The number of hydrogen-bond acceptors (Lipinski definition) is 4. The summed E-state index contributed by atoms with van der Waals surface area (Å²) in [6, 6.07) is 4.16. The molecule has 0 radical (unpaired) electrons. The lowest BCUT2D eigenvalue weighted by Gasteiger charge is -2.19. The van der Waals surface area contributed by atoms with Crippen LogP contribution in [0.5, 0.6) is 11.5 Å². The Balaban J connectivity index is 0.00000220. The molecule has 2 unspecified atom stereocenters. The molecule has 21 heavy (non-hydrogen) atoms. The number of hydrogen-bond donors (Lipinski definition) is 1. The molecule has 1 aromatic carbocycles. The van der Waals surface area contributed by atoms with Crippen molar-refractivity contribution in [2.45, 2.75) is 25.9 Å². The number of nitrogens with zero attached hydrogens (tertiary/aromatic N) is 1. The predicted molar refractivity (Wildman–Crippen MR) is 88.8 cm³/mol. The van der Waals surface area contributed by atoms with E-state index in [1.807, 2.05) is 12.1 Å². The van der Waals surface area contributed by atoms with Crippen LogP contribution in [0.3, 0.4) is 0 Å². The van der Waals surface area contributed by atoms with E-state index in [1.165, 1.54) is 0 Å². The molecule has 1 aliphatic heterocycles. The van der Waals surface area contributed by atoms with Gasteiger partial charge in [0.2, 0.25) is 0 Å². The van der Waals surface area contributed by atoms with Gasteiger partial charge in [0.15, 0.2) is 11.5 Å². The zero-order valence-electron chi connectivity index (χ0n) is 12.8. The fraction of sp³-hybridized carbons (Fsp3) is 0.600. The largest absolute Gasteiger partial charge is 0.493 e. The summed E-state index contributed by atoms with van der Waals surface area (Å²) in [4.78, 5) is 2.39. The molecule has 2 rings (SSSR count). The smallest absolute Gasteiger partial charge is 0.179 e. The average Bonchev–Trinajstić information content (AvgIpc) is 2.89. The second-order valence-corrected chi connectivity index (χ2v) is 5.80. The van der Waals surface area contributed by atoms with Gasteiger partial charge in [-0.25, -0.2) is 0 Å². The summed E-state index contributed by atoms with van der Waals surface area (Å²) in [5.74, 6) is 1.85. The lowest BCUT2D eigenvalue weighted by Crippen LogP contribution is -2.29. The van der Waals surface area contributed by atoms with Crippen LogP contribution in [0.4, 0.5) is 0 Å². The zero-order chi connectivity index (χ0) is 14.7. The lowest BCUT2D eigenvalue weighted by molar-refractivity contribution is 0.307.